The monoisotopic (exact) mass is 422 g/mol. The van der Waals surface area contributed by atoms with Gasteiger partial charge >= 0.3 is 12.5 Å². The number of nitrogens with one attached hydrogen (secondary N) is 1. The van der Waals surface area contributed by atoms with Crippen molar-refractivity contribution in [2.24, 2.45) is 0 Å². The van der Waals surface area contributed by atoms with E-state index in [1.807, 2.05) is 0 Å². The highest BCUT2D eigenvalue weighted by Gasteiger charge is 2.38. The number of alkyl halides is 6. The zero-order valence-electron chi connectivity index (χ0n) is 14.9. The van der Waals surface area contributed by atoms with Gasteiger partial charge in [0.05, 0.1) is 11.6 Å². The van der Waals surface area contributed by atoms with Gasteiger partial charge in [-0.3, -0.25) is 4.90 Å². The Labute approximate surface area is 162 Å². The van der Waals surface area contributed by atoms with Crippen molar-refractivity contribution in [2.75, 3.05) is 26.2 Å². The molecule has 0 unspecified atom stereocenters. The molecule has 1 aliphatic heterocycles. The third-order valence-electron chi connectivity index (χ3n) is 4.56. The Kier molecular flexibility index (Phi) is 6.04. The molecular weight excluding hydrogens is 405 g/mol. The number of ether oxygens (including phenoxy) is 1. The van der Waals surface area contributed by atoms with Gasteiger partial charge in [0.15, 0.2) is 0 Å². The van der Waals surface area contributed by atoms with E-state index >= 15 is 0 Å². The van der Waals surface area contributed by atoms with E-state index in [0.29, 0.717) is 37.8 Å². The van der Waals surface area contributed by atoms with Crippen LogP contribution in [0.3, 0.4) is 0 Å². The summed E-state index contributed by atoms with van der Waals surface area (Å²) in [6, 6.07) is 6.23. The molecule has 0 aliphatic carbocycles. The highest BCUT2D eigenvalue weighted by atomic mass is 19.4. The molecule has 0 bridgehead atoms. The number of rotatable bonds is 4. The van der Waals surface area contributed by atoms with Crippen LogP contribution in [0.4, 0.5) is 30.7 Å². The van der Waals surface area contributed by atoms with Crippen molar-refractivity contribution >= 4 is 0 Å². The summed E-state index contributed by atoms with van der Waals surface area (Å²) in [7, 11) is 0. The molecule has 1 fully saturated rings. The lowest BCUT2D eigenvalue weighted by atomic mass is 9.92. The van der Waals surface area contributed by atoms with Crippen LogP contribution in [0.2, 0.25) is 0 Å². The molecule has 1 heterocycles. The summed E-state index contributed by atoms with van der Waals surface area (Å²) >= 11 is 0. The first kappa shape index (κ1) is 21.4. The molecule has 1 N–H and O–H groups in total. The fourth-order valence-corrected chi connectivity index (χ4v) is 3.39. The largest absolute Gasteiger partial charge is 0.573 e. The minimum absolute atomic E-state index is 0.162. The lowest BCUT2D eigenvalue weighted by molar-refractivity contribution is -0.274. The molecule has 0 saturated carbocycles. The second kappa shape index (κ2) is 8.19. The summed E-state index contributed by atoms with van der Waals surface area (Å²) in [5.41, 5.74) is -0.930. The Morgan fingerprint density at radius 1 is 0.897 bits per heavy atom. The van der Waals surface area contributed by atoms with E-state index < -0.39 is 35.7 Å². The van der Waals surface area contributed by atoms with Crippen LogP contribution in [0.25, 0.3) is 0 Å². The van der Waals surface area contributed by atoms with Crippen LogP contribution >= 0.6 is 0 Å². The number of halogens is 7. The zero-order chi connectivity index (χ0) is 21.2. The van der Waals surface area contributed by atoms with Crippen molar-refractivity contribution in [1.29, 1.82) is 0 Å². The van der Waals surface area contributed by atoms with Crippen LogP contribution in [0.15, 0.2) is 42.5 Å². The second-order valence-corrected chi connectivity index (χ2v) is 6.53. The highest BCUT2D eigenvalue weighted by Crippen LogP contribution is 2.40. The lowest BCUT2D eigenvalue weighted by Crippen LogP contribution is -2.45. The summed E-state index contributed by atoms with van der Waals surface area (Å²) in [5.74, 6) is -1.50. The predicted molar refractivity (Wildman–Crippen MR) is 90.8 cm³/mol. The maximum absolute atomic E-state index is 13.6. The van der Waals surface area contributed by atoms with Crippen molar-refractivity contribution < 1.29 is 35.5 Å². The summed E-state index contributed by atoms with van der Waals surface area (Å²) in [4.78, 5) is 1.78. The van der Waals surface area contributed by atoms with Gasteiger partial charge in [0.25, 0.3) is 0 Å². The molecule has 2 aromatic rings. The Morgan fingerprint density at radius 2 is 1.52 bits per heavy atom. The normalized spacial score (nSPS) is 17.2. The van der Waals surface area contributed by atoms with Gasteiger partial charge < -0.3 is 10.1 Å². The van der Waals surface area contributed by atoms with Crippen molar-refractivity contribution in [3.8, 4) is 5.75 Å². The van der Waals surface area contributed by atoms with Crippen molar-refractivity contribution in [2.45, 2.75) is 18.6 Å². The Balaban J connectivity index is 2.05. The van der Waals surface area contributed by atoms with Gasteiger partial charge in [-0.25, -0.2) is 4.39 Å². The molecule has 3 nitrogen and oxygen atoms in total. The first-order valence-corrected chi connectivity index (χ1v) is 8.72. The van der Waals surface area contributed by atoms with Gasteiger partial charge in [0.1, 0.15) is 11.6 Å². The molecule has 10 heteroatoms. The highest BCUT2D eigenvalue weighted by molar-refractivity contribution is 5.41. The van der Waals surface area contributed by atoms with E-state index in [2.05, 4.69) is 10.1 Å². The first-order chi connectivity index (χ1) is 13.5. The molecule has 1 aliphatic rings. The summed E-state index contributed by atoms with van der Waals surface area (Å²) in [5, 5.41) is 3.09. The summed E-state index contributed by atoms with van der Waals surface area (Å²) in [6.07, 6.45) is -9.66. The van der Waals surface area contributed by atoms with Crippen LogP contribution < -0.4 is 10.1 Å². The van der Waals surface area contributed by atoms with Gasteiger partial charge in [0, 0.05) is 26.2 Å². The van der Waals surface area contributed by atoms with E-state index in [1.165, 1.54) is 12.1 Å². The fraction of sp³-hybridized carbons (Fsp3) is 0.368. The minimum Gasteiger partial charge on any atom is -0.406 e. The van der Waals surface area contributed by atoms with Crippen molar-refractivity contribution in [1.82, 2.24) is 10.2 Å². The maximum Gasteiger partial charge on any atom is 0.573 e. The average molecular weight is 422 g/mol. The molecule has 158 valence electrons. The Morgan fingerprint density at radius 3 is 2.07 bits per heavy atom. The van der Waals surface area contributed by atoms with E-state index in [4.69, 9.17) is 0 Å². The first-order valence-electron chi connectivity index (χ1n) is 8.72. The van der Waals surface area contributed by atoms with Crippen LogP contribution in [0.1, 0.15) is 22.7 Å². The lowest BCUT2D eigenvalue weighted by Gasteiger charge is -2.36. The molecule has 1 saturated heterocycles. The smallest absolute Gasteiger partial charge is 0.406 e. The molecular formula is C19H17F7N2O. The number of benzene rings is 2. The van der Waals surface area contributed by atoms with E-state index in [1.54, 1.807) is 4.90 Å². The van der Waals surface area contributed by atoms with E-state index in [0.717, 1.165) is 24.3 Å². The van der Waals surface area contributed by atoms with E-state index in [-0.39, 0.29) is 5.56 Å². The molecule has 3 rings (SSSR count). The quantitative estimate of drug-likeness (QED) is 0.721. The second-order valence-electron chi connectivity index (χ2n) is 6.53. The van der Waals surface area contributed by atoms with Crippen molar-refractivity contribution in [3.63, 3.8) is 0 Å². The van der Waals surface area contributed by atoms with Crippen LogP contribution in [-0.4, -0.2) is 37.4 Å². The molecule has 1 atom stereocenters. The third kappa shape index (κ3) is 5.39. The van der Waals surface area contributed by atoms with E-state index in [9.17, 15) is 30.7 Å². The van der Waals surface area contributed by atoms with Crippen molar-refractivity contribution in [3.05, 3.63) is 65.0 Å². The summed E-state index contributed by atoms with van der Waals surface area (Å²) in [6.45, 7) is 1.91. The summed E-state index contributed by atoms with van der Waals surface area (Å²) < 4.78 is 95.3. The third-order valence-corrected chi connectivity index (χ3v) is 4.56. The fourth-order valence-electron chi connectivity index (χ4n) is 3.39. The number of hydrogen-bond donors (Lipinski definition) is 1. The number of nitrogens with zero attached hydrogens (tertiary/aromatic N) is 1. The van der Waals surface area contributed by atoms with Gasteiger partial charge in [-0.2, -0.15) is 13.2 Å². The van der Waals surface area contributed by atoms with Crippen LogP contribution in [0.5, 0.6) is 5.75 Å². The Hall–Kier alpha value is -2.33. The minimum atomic E-state index is -4.88. The Bertz CT molecular complexity index is 828. The van der Waals surface area contributed by atoms with Gasteiger partial charge in [0.2, 0.25) is 0 Å². The van der Waals surface area contributed by atoms with Gasteiger partial charge in [-0.1, -0.05) is 18.2 Å². The van der Waals surface area contributed by atoms with Gasteiger partial charge in [-0.05, 0) is 35.4 Å². The molecule has 0 amide bonds. The molecule has 0 aromatic heterocycles. The average Bonchev–Trinajstić information content (AvgIpc) is 2.63. The molecule has 0 spiro atoms. The predicted octanol–water partition coefficient (Wildman–Crippen LogP) is 4.74. The van der Waals surface area contributed by atoms with Crippen LogP contribution in [-0.2, 0) is 6.18 Å². The maximum atomic E-state index is 13.6. The zero-order valence-corrected chi connectivity index (χ0v) is 14.9. The molecule has 2 aromatic carbocycles. The molecule has 29 heavy (non-hydrogen) atoms. The van der Waals surface area contributed by atoms with Crippen LogP contribution in [0, 0.1) is 5.82 Å². The molecule has 0 radical (unpaired) electrons. The van der Waals surface area contributed by atoms with Gasteiger partial charge in [-0.15, -0.1) is 13.2 Å². The number of hydrogen-bond acceptors (Lipinski definition) is 3. The SMILES string of the molecule is Fc1ccc([C@@H](c2ccc(OC(F)(F)F)cc2)N2CCNCC2)c(C(F)(F)F)c1. The topological polar surface area (TPSA) is 24.5 Å². The standard InChI is InChI=1S/C19H17F7N2O/c20-13-3-6-15(16(11-13)18(21,22)23)17(28-9-7-27-8-10-28)12-1-4-14(5-2-12)29-19(24,25)26/h1-6,11,17,27H,7-10H2/t17-/m1/s1. The number of piperazine rings is 1.